The molecular weight excluding hydrogens is 232 g/mol. The van der Waals surface area contributed by atoms with Gasteiger partial charge in [0.15, 0.2) is 0 Å². The van der Waals surface area contributed by atoms with Crippen LogP contribution < -0.4 is 0 Å². The lowest BCUT2D eigenvalue weighted by molar-refractivity contribution is 1.12. The van der Waals surface area contributed by atoms with Crippen molar-refractivity contribution in [2.45, 2.75) is 0 Å². The summed E-state index contributed by atoms with van der Waals surface area (Å²) in [5.74, 6) is 0. The van der Waals surface area contributed by atoms with Crippen LogP contribution in [-0.2, 0) is 0 Å². The molecule has 4 nitrogen and oxygen atoms in total. The lowest BCUT2D eigenvalue weighted by Gasteiger charge is -1.97. The Bertz CT molecular complexity index is 404. The fourth-order valence-corrected chi connectivity index (χ4v) is 1.23. The van der Waals surface area contributed by atoms with Crippen LogP contribution in [0.15, 0.2) is 35.7 Å². The molecule has 0 amide bonds. The minimum Gasteiger partial charge on any atom is -0.244 e. The highest BCUT2D eigenvalue weighted by molar-refractivity contribution is 9.10. The van der Waals surface area contributed by atoms with Gasteiger partial charge in [-0.25, -0.2) is 19.9 Å². The second-order valence-electron chi connectivity index (χ2n) is 2.35. The maximum absolute atomic E-state index is 4.09. The number of hydrogen-bond donors (Lipinski definition) is 0. The molecule has 0 saturated carbocycles. The number of aromatic nitrogens is 4. The fraction of sp³-hybridized carbons (Fsp3) is 0. The number of nitrogens with zero attached hydrogens (tertiary/aromatic N) is 4. The van der Waals surface area contributed by atoms with Crippen molar-refractivity contribution in [3.63, 3.8) is 0 Å². The van der Waals surface area contributed by atoms with Crippen LogP contribution >= 0.6 is 15.9 Å². The van der Waals surface area contributed by atoms with Gasteiger partial charge in [-0.1, -0.05) is 0 Å². The zero-order valence-corrected chi connectivity index (χ0v) is 8.14. The van der Waals surface area contributed by atoms with Gasteiger partial charge in [-0.3, -0.25) is 0 Å². The van der Waals surface area contributed by atoms with Gasteiger partial charge in [0.25, 0.3) is 0 Å². The summed E-state index contributed by atoms with van der Waals surface area (Å²) < 4.78 is 0.751. The van der Waals surface area contributed by atoms with E-state index in [1.165, 1.54) is 12.7 Å². The van der Waals surface area contributed by atoms with Gasteiger partial charge in [0, 0.05) is 18.0 Å². The molecule has 0 N–H and O–H groups in total. The van der Waals surface area contributed by atoms with Crippen molar-refractivity contribution in [2.24, 2.45) is 0 Å². The van der Waals surface area contributed by atoms with Crippen LogP contribution in [0.25, 0.3) is 11.3 Å². The van der Waals surface area contributed by atoms with Crippen LogP contribution in [0.3, 0.4) is 0 Å². The van der Waals surface area contributed by atoms with E-state index in [4.69, 9.17) is 0 Å². The van der Waals surface area contributed by atoms with Gasteiger partial charge in [0.05, 0.1) is 5.69 Å². The standard InChI is InChI=1S/C8H5BrN4/c9-8-1-7(12-5-13-8)6-2-10-4-11-3-6/h1-5H. The molecule has 0 spiro atoms. The molecule has 0 atom stereocenters. The van der Waals surface area contributed by atoms with E-state index in [9.17, 15) is 0 Å². The van der Waals surface area contributed by atoms with E-state index in [1.54, 1.807) is 12.4 Å². The summed E-state index contributed by atoms with van der Waals surface area (Å²) in [6, 6.07) is 1.82. The Morgan fingerprint density at radius 1 is 1.00 bits per heavy atom. The maximum Gasteiger partial charge on any atom is 0.117 e. The lowest BCUT2D eigenvalue weighted by atomic mass is 10.2. The minimum atomic E-state index is 0.751. The zero-order valence-electron chi connectivity index (χ0n) is 6.55. The summed E-state index contributed by atoms with van der Waals surface area (Å²) in [7, 11) is 0. The van der Waals surface area contributed by atoms with Crippen molar-refractivity contribution in [1.29, 1.82) is 0 Å². The van der Waals surface area contributed by atoms with Gasteiger partial charge in [-0.05, 0) is 22.0 Å². The topological polar surface area (TPSA) is 51.6 Å². The Balaban J connectivity index is 2.48. The molecule has 0 fully saturated rings. The predicted molar refractivity (Wildman–Crippen MR) is 50.8 cm³/mol. The largest absolute Gasteiger partial charge is 0.244 e. The molecule has 2 heterocycles. The summed E-state index contributed by atoms with van der Waals surface area (Å²) in [6.45, 7) is 0. The molecule has 13 heavy (non-hydrogen) atoms. The van der Waals surface area contributed by atoms with Crippen molar-refractivity contribution < 1.29 is 0 Å². The third-order valence-corrected chi connectivity index (χ3v) is 1.92. The number of hydrogen-bond acceptors (Lipinski definition) is 4. The van der Waals surface area contributed by atoms with E-state index in [2.05, 4.69) is 35.9 Å². The molecule has 0 unspecified atom stereocenters. The molecule has 2 rings (SSSR count). The molecule has 64 valence electrons. The Morgan fingerprint density at radius 2 is 1.77 bits per heavy atom. The van der Waals surface area contributed by atoms with Gasteiger partial charge in [0.1, 0.15) is 17.3 Å². The first-order valence-electron chi connectivity index (χ1n) is 3.59. The summed E-state index contributed by atoms with van der Waals surface area (Å²) >= 11 is 3.27. The molecule has 5 heteroatoms. The monoisotopic (exact) mass is 236 g/mol. The van der Waals surface area contributed by atoms with Gasteiger partial charge < -0.3 is 0 Å². The molecule has 2 aromatic rings. The minimum absolute atomic E-state index is 0.751. The van der Waals surface area contributed by atoms with Crippen molar-refractivity contribution in [2.75, 3.05) is 0 Å². The predicted octanol–water partition coefficient (Wildman–Crippen LogP) is 1.70. The first kappa shape index (κ1) is 8.25. The van der Waals surface area contributed by atoms with E-state index in [1.807, 2.05) is 6.07 Å². The summed E-state index contributed by atoms with van der Waals surface area (Å²) in [4.78, 5) is 15.8. The molecular formula is C8H5BrN4. The summed E-state index contributed by atoms with van der Waals surface area (Å²) in [5.41, 5.74) is 1.69. The maximum atomic E-state index is 4.09. The second-order valence-corrected chi connectivity index (χ2v) is 3.17. The van der Waals surface area contributed by atoms with E-state index < -0.39 is 0 Å². The Morgan fingerprint density at radius 3 is 2.46 bits per heavy atom. The van der Waals surface area contributed by atoms with Crippen LogP contribution in [-0.4, -0.2) is 19.9 Å². The van der Waals surface area contributed by atoms with Crippen LogP contribution in [0.5, 0.6) is 0 Å². The van der Waals surface area contributed by atoms with E-state index >= 15 is 0 Å². The van der Waals surface area contributed by atoms with Crippen LogP contribution in [0.2, 0.25) is 0 Å². The normalized spacial score (nSPS) is 9.92. The highest BCUT2D eigenvalue weighted by atomic mass is 79.9. The first-order valence-corrected chi connectivity index (χ1v) is 4.38. The van der Waals surface area contributed by atoms with Gasteiger partial charge in [-0.15, -0.1) is 0 Å². The molecule has 0 saturated heterocycles. The van der Waals surface area contributed by atoms with Crippen molar-refractivity contribution in [3.8, 4) is 11.3 Å². The average molecular weight is 237 g/mol. The molecule has 0 bridgehead atoms. The molecule has 0 aromatic carbocycles. The SMILES string of the molecule is Brc1cc(-c2cncnc2)ncn1. The summed E-state index contributed by atoms with van der Waals surface area (Å²) in [6.07, 6.45) is 6.40. The third kappa shape index (κ3) is 1.86. The molecule has 2 aromatic heterocycles. The highest BCUT2D eigenvalue weighted by Crippen LogP contribution is 2.16. The van der Waals surface area contributed by atoms with Gasteiger partial charge in [-0.2, -0.15) is 0 Å². The molecule has 0 radical (unpaired) electrons. The van der Waals surface area contributed by atoms with E-state index in [-0.39, 0.29) is 0 Å². The Hall–Kier alpha value is -1.36. The van der Waals surface area contributed by atoms with E-state index in [0.717, 1.165) is 15.9 Å². The summed E-state index contributed by atoms with van der Waals surface area (Å²) in [5, 5.41) is 0. The van der Waals surface area contributed by atoms with E-state index in [0.29, 0.717) is 0 Å². The Labute approximate surface area is 83.2 Å². The van der Waals surface area contributed by atoms with Crippen molar-refractivity contribution in [3.05, 3.63) is 35.7 Å². The van der Waals surface area contributed by atoms with Crippen LogP contribution in [0.4, 0.5) is 0 Å². The smallest absolute Gasteiger partial charge is 0.117 e. The third-order valence-electron chi connectivity index (χ3n) is 1.49. The van der Waals surface area contributed by atoms with Crippen molar-refractivity contribution in [1.82, 2.24) is 19.9 Å². The quantitative estimate of drug-likeness (QED) is 0.708. The first-order chi connectivity index (χ1) is 6.36. The molecule has 0 aliphatic heterocycles. The highest BCUT2D eigenvalue weighted by Gasteiger charge is 1.99. The van der Waals surface area contributed by atoms with Crippen LogP contribution in [0.1, 0.15) is 0 Å². The van der Waals surface area contributed by atoms with Crippen molar-refractivity contribution >= 4 is 15.9 Å². The molecule has 0 aliphatic carbocycles. The van der Waals surface area contributed by atoms with Gasteiger partial charge >= 0.3 is 0 Å². The Kier molecular flexibility index (Phi) is 2.27. The second kappa shape index (κ2) is 3.57. The number of rotatable bonds is 1. The van der Waals surface area contributed by atoms with Crippen LogP contribution in [0, 0.1) is 0 Å². The van der Waals surface area contributed by atoms with Gasteiger partial charge in [0.2, 0.25) is 0 Å². The fourth-order valence-electron chi connectivity index (χ4n) is 0.923. The lowest BCUT2D eigenvalue weighted by Crippen LogP contribution is -1.87. The zero-order chi connectivity index (χ0) is 9.10. The molecule has 0 aliphatic rings. The average Bonchev–Trinajstić information content (AvgIpc) is 2.19. The number of halogens is 1.